The van der Waals surface area contributed by atoms with Crippen molar-refractivity contribution < 1.29 is 74.4 Å². The second-order valence-electron chi connectivity index (χ2n) is 9.66. The van der Waals surface area contributed by atoms with Gasteiger partial charge in [0.25, 0.3) is 0 Å². The van der Waals surface area contributed by atoms with E-state index in [1.165, 1.54) is 0 Å². The van der Waals surface area contributed by atoms with Gasteiger partial charge in [0.1, 0.15) is 67.1 Å². The summed E-state index contributed by atoms with van der Waals surface area (Å²) in [5, 5.41) is 91.5. The zero-order valence-corrected chi connectivity index (χ0v) is 20.8. The minimum Gasteiger partial charge on any atom is -0.394 e. The topological polar surface area (TPSA) is 237 Å². The molecule has 3 heterocycles. The molecule has 0 radical (unpaired) electrons. The van der Waals surface area contributed by atoms with Crippen molar-refractivity contribution in [1.29, 1.82) is 0 Å². The lowest BCUT2D eigenvalue weighted by atomic mass is 9.96. The fourth-order valence-corrected chi connectivity index (χ4v) is 4.62. The van der Waals surface area contributed by atoms with Crippen LogP contribution in [0.15, 0.2) is 30.3 Å². The molecule has 15 heteroatoms. The smallest absolute Gasteiger partial charge is 0.187 e. The Hall–Kier alpha value is -1.38. The normalized spacial score (nSPS) is 45.3. The first-order valence-electron chi connectivity index (χ1n) is 12.5. The first-order chi connectivity index (χ1) is 18.7. The molecule has 3 aliphatic heterocycles. The molecule has 14 atom stereocenters. The van der Waals surface area contributed by atoms with Crippen molar-refractivity contribution in [2.24, 2.45) is 0 Å². The highest BCUT2D eigenvalue weighted by atomic mass is 16.8. The molecule has 0 amide bonds. The van der Waals surface area contributed by atoms with Gasteiger partial charge in [0, 0.05) is 0 Å². The summed E-state index contributed by atoms with van der Waals surface area (Å²) in [6.07, 6.45) is -21.9. The zero-order chi connectivity index (χ0) is 28.3. The molecule has 0 unspecified atom stereocenters. The Bertz CT molecular complexity index is 876. The predicted molar refractivity (Wildman–Crippen MR) is 124 cm³/mol. The van der Waals surface area contributed by atoms with Crippen LogP contribution in [0.2, 0.25) is 0 Å². The van der Waals surface area contributed by atoms with E-state index >= 15 is 0 Å². The Balaban J connectivity index is 1.61. The third kappa shape index (κ3) is 6.75. The van der Waals surface area contributed by atoms with Gasteiger partial charge in [0.05, 0.1) is 26.4 Å². The Kier molecular flexibility index (Phi) is 10.6. The van der Waals surface area contributed by atoms with E-state index in [1.54, 1.807) is 30.3 Å². The molecule has 4 rings (SSSR count). The quantitative estimate of drug-likeness (QED) is 0.137. The maximum atomic E-state index is 11.0. The lowest BCUT2D eigenvalue weighted by molar-refractivity contribution is -0.387. The van der Waals surface area contributed by atoms with Crippen molar-refractivity contribution in [2.45, 2.75) is 92.6 Å². The van der Waals surface area contributed by atoms with Gasteiger partial charge in [-0.2, -0.15) is 0 Å². The van der Waals surface area contributed by atoms with Crippen LogP contribution < -0.4 is 0 Å². The molecule has 3 fully saturated rings. The fraction of sp³-hybridized carbons (Fsp3) is 0.750. The van der Waals surface area contributed by atoms with Gasteiger partial charge in [-0.25, -0.2) is 0 Å². The molecule has 3 saturated heterocycles. The summed E-state index contributed by atoms with van der Waals surface area (Å²) < 4.78 is 34.0. The Morgan fingerprint density at radius 1 is 0.641 bits per heavy atom. The maximum absolute atomic E-state index is 11.0. The van der Waals surface area contributed by atoms with Crippen LogP contribution in [-0.4, -0.2) is 152 Å². The number of hydrogen-bond donors (Lipinski definition) is 9. The van der Waals surface area contributed by atoms with Gasteiger partial charge in [-0.05, 0) is 5.56 Å². The number of benzene rings is 1. The van der Waals surface area contributed by atoms with Gasteiger partial charge in [0.2, 0.25) is 0 Å². The van der Waals surface area contributed by atoms with Crippen LogP contribution >= 0.6 is 0 Å². The van der Waals surface area contributed by atoms with E-state index in [4.69, 9.17) is 28.4 Å². The highest BCUT2D eigenvalue weighted by molar-refractivity contribution is 5.13. The van der Waals surface area contributed by atoms with E-state index in [9.17, 15) is 46.0 Å². The van der Waals surface area contributed by atoms with Crippen LogP contribution in [0.3, 0.4) is 0 Å². The SMILES string of the molecule is OC[C@H]1O[C@@H](O[C@H]2[C@H](O)[C@@H](CO)O[C@@H](OCc3ccccc3)[C@@H]2O[C@@H]2OC[C@@H](O)[C@H](O)[C@H]2O)[C@H](O)[C@@H](O)[C@@H]1O. The summed E-state index contributed by atoms with van der Waals surface area (Å²) >= 11 is 0. The van der Waals surface area contributed by atoms with Crippen LogP contribution in [0, 0.1) is 0 Å². The summed E-state index contributed by atoms with van der Waals surface area (Å²) in [7, 11) is 0. The minimum atomic E-state index is -1.83. The standard InChI is InChI=1S/C24H36O15/c25-6-12-15(29)17(31)19(33)23(36-12)38-20-16(30)13(7-26)37-24(34-8-10-4-2-1-3-5-10)21(20)39-22-18(32)14(28)11(27)9-35-22/h1-5,11-33H,6-9H2/t11-,12-,13-,14+,15-,16-,17+,18-,19-,20+,21-,22+,23+,24-/m1/s1. The monoisotopic (exact) mass is 564 g/mol. The van der Waals surface area contributed by atoms with Crippen molar-refractivity contribution in [3.63, 3.8) is 0 Å². The van der Waals surface area contributed by atoms with Crippen LogP contribution in [0.25, 0.3) is 0 Å². The van der Waals surface area contributed by atoms with E-state index in [0.717, 1.165) is 5.56 Å². The summed E-state index contributed by atoms with van der Waals surface area (Å²) in [5.74, 6) is 0. The molecule has 0 bridgehead atoms. The second kappa shape index (κ2) is 13.5. The predicted octanol–water partition coefficient (Wildman–Crippen LogP) is -4.71. The summed E-state index contributed by atoms with van der Waals surface area (Å²) in [4.78, 5) is 0. The van der Waals surface area contributed by atoms with Crippen molar-refractivity contribution >= 4 is 0 Å². The molecule has 0 aliphatic carbocycles. The van der Waals surface area contributed by atoms with Gasteiger partial charge in [0.15, 0.2) is 18.9 Å². The minimum absolute atomic E-state index is 0.0260. The summed E-state index contributed by atoms with van der Waals surface area (Å²) in [6.45, 7) is -1.85. The third-order valence-electron chi connectivity index (χ3n) is 6.94. The highest BCUT2D eigenvalue weighted by Gasteiger charge is 2.53. The largest absolute Gasteiger partial charge is 0.394 e. The first kappa shape index (κ1) is 30.6. The number of ether oxygens (including phenoxy) is 6. The maximum Gasteiger partial charge on any atom is 0.187 e. The average Bonchev–Trinajstić information content (AvgIpc) is 2.95. The lowest BCUT2D eigenvalue weighted by Gasteiger charge is -2.48. The molecule has 0 spiro atoms. The molecule has 222 valence electrons. The molecule has 39 heavy (non-hydrogen) atoms. The Morgan fingerprint density at radius 3 is 1.90 bits per heavy atom. The number of rotatable bonds is 9. The van der Waals surface area contributed by atoms with Gasteiger partial charge >= 0.3 is 0 Å². The number of aliphatic hydroxyl groups excluding tert-OH is 9. The lowest BCUT2D eigenvalue weighted by Crippen LogP contribution is -2.66. The van der Waals surface area contributed by atoms with E-state index in [1.807, 2.05) is 0 Å². The van der Waals surface area contributed by atoms with Crippen LogP contribution in [0.5, 0.6) is 0 Å². The zero-order valence-electron chi connectivity index (χ0n) is 20.8. The molecular weight excluding hydrogens is 528 g/mol. The average molecular weight is 565 g/mol. The first-order valence-corrected chi connectivity index (χ1v) is 12.5. The highest BCUT2D eigenvalue weighted by Crippen LogP contribution is 2.33. The van der Waals surface area contributed by atoms with Crippen LogP contribution in [0.1, 0.15) is 5.56 Å². The van der Waals surface area contributed by atoms with Crippen molar-refractivity contribution in [1.82, 2.24) is 0 Å². The fourth-order valence-electron chi connectivity index (χ4n) is 4.62. The number of hydrogen-bond acceptors (Lipinski definition) is 15. The molecule has 3 aliphatic rings. The van der Waals surface area contributed by atoms with Crippen LogP contribution in [-0.2, 0) is 35.0 Å². The van der Waals surface area contributed by atoms with E-state index in [2.05, 4.69) is 0 Å². The molecule has 15 nitrogen and oxygen atoms in total. The summed E-state index contributed by atoms with van der Waals surface area (Å²) in [6, 6.07) is 8.89. The molecule has 1 aromatic carbocycles. The van der Waals surface area contributed by atoms with Gasteiger partial charge in [-0.3, -0.25) is 0 Å². The van der Waals surface area contributed by atoms with Crippen molar-refractivity contribution in [3.8, 4) is 0 Å². The van der Waals surface area contributed by atoms with Crippen molar-refractivity contribution in [3.05, 3.63) is 35.9 Å². The van der Waals surface area contributed by atoms with E-state index in [0.29, 0.717) is 0 Å². The Morgan fingerprint density at radius 2 is 1.23 bits per heavy atom. The van der Waals surface area contributed by atoms with Gasteiger partial charge in [-0.1, -0.05) is 30.3 Å². The van der Waals surface area contributed by atoms with Gasteiger partial charge in [-0.15, -0.1) is 0 Å². The Labute approximate surface area is 223 Å². The van der Waals surface area contributed by atoms with Gasteiger partial charge < -0.3 is 74.4 Å². The summed E-state index contributed by atoms with van der Waals surface area (Å²) in [5.41, 5.74) is 0.727. The van der Waals surface area contributed by atoms with E-state index in [-0.39, 0.29) is 6.61 Å². The van der Waals surface area contributed by atoms with E-state index < -0.39 is 106 Å². The molecule has 0 aromatic heterocycles. The molecule has 0 saturated carbocycles. The van der Waals surface area contributed by atoms with Crippen molar-refractivity contribution in [2.75, 3.05) is 19.8 Å². The second-order valence-corrected chi connectivity index (χ2v) is 9.66. The molecule has 9 N–H and O–H groups in total. The van der Waals surface area contributed by atoms with Crippen LogP contribution in [0.4, 0.5) is 0 Å². The number of aliphatic hydroxyl groups is 9. The molecule has 1 aromatic rings. The third-order valence-corrected chi connectivity index (χ3v) is 6.94. The molecular formula is C24H36O15.